The van der Waals surface area contributed by atoms with E-state index in [0.29, 0.717) is 5.56 Å². The van der Waals surface area contributed by atoms with Crippen LogP contribution in [0.4, 0.5) is 0 Å². The van der Waals surface area contributed by atoms with Crippen molar-refractivity contribution in [1.82, 2.24) is 0 Å². The molecule has 2 rings (SSSR count). The van der Waals surface area contributed by atoms with Gasteiger partial charge in [-0.1, -0.05) is 61.0 Å². The molecule has 3 nitrogen and oxygen atoms in total. The molecule has 120 valence electrons. The third-order valence-corrected chi connectivity index (χ3v) is 3.54. The summed E-state index contributed by atoms with van der Waals surface area (Å²) in [6.45, 7) is 8.25. The number of benzene rings is 2. The Morgan fingerprint density at radius 1 is 1.09 bits per heavy atom. The van der Waals surface area contributed by atoms with Crippen molar-refractivity contribution < 1.29 is 0 Å². The lowest BCUT2D eigenvalue weighted by molar-refractivity contribution is 1.14. The van der Waals surface area contributed by atoms with Gasteiger partial charge < -0.3 is 0 Å². The van der Waals surface area contributed by atoms with Crippen LogP contribution in [-0.4, -0.2) is 5.84 Å². The average Bonchev–Trinajstić information content (AvgIpc) is 2.57. The molecule has 0 radical (unpaired) electrons. The highest BCUT2D eigenvalue weighted by Crippen LogP contribution is 2.13. The maximum atomic E-state index is 7.40. The first-order chi connectivity index (χ1) is 11.0. The zero-order valence-corrected chi connectivity index (χ0v) is 14.4. The lowest BCUT2D eigenvalue weighted by Gasteiger charge is -2.03. The number of nitrogens with zero attached hydrogens (tertiary/aromatic N) is 1. The molecule has 2 aromatic carbocycles. The maximum Gasteiger partial charge on any atom is 0.173 e. The predicted octanol–water partition coefficient (Wildman–Crippen LogP) is 5.94. The van der Waals surface area contributed by atoms with Gasteiger partial charge in [-0.2, -0.15) is 0 Å². The molecule has 0 saturated heterocycles. The van der Waals surface area contributed by atoms with Gasteiger partial charge in [0, 0.05) is 5.56 Å². The zero-order chi connectivity index (χ0) is 17.2. The number of aryl methyl sites for hydroxylation is 3. The number of hydrogen-bond donors (Lipinski definition) is 2. The van der Waals surface area contributed by atoms with E-state index in [1.807, 2.05) is 44.2 Å². The molecule has 2 aromatic rings. The van der Waals surface area contributed by atoms with Gasteiger partial charge in [-0.15, -0.1) is 5.11 Å². The topological polar surface area (TPSA) is 60.1 Å². The Morgan fingerprint density at radius 3 is 2.26 bits per heavy atom. The zero-order valence-electron chi connectivity index (χ0n) is 14.4. The highest BCUT2D eigenvalue weighted by atomic mass is 15.0. The fourth-order valence-corrected chi connectivity index (χ4v) is 2.04. The van der Waals surface area contributed by atoms with Crippen LogP contribution >= 0.6 is 0 Å². The first kappa shape index (κ1) is 18.5. The molecule has 0 aliphatic heterocycles. The molecule has 2 N–H and O–H groups in total. The second-order valence-corrected chi connectivity index (χ2v) is 5.37. The predicted molar refractivity (Wildman–Crippen MR) is 98.4 cm³/mol. The molecule has 0 aliphatic rings. The highest BCUT2D eigenvalue weighted by Gasteiger charge is 2.01. The van der Waals surface area contributed by atoms with E-state index in [4.69, 9.17) is 10.9 Å². The first-order valence-electron chi connectivity index (χ1n) is 7.77. The van der Waals surface area contributed by atoms with E-state index < -0.39 is 0 Å². The van der Waals surface area contributed by atoms with E-state index in [1.165, 1.54) is 11.1 Å². The quantitative estimate of drug-likeness (QED) is 0.400. The van der Waals surface area contributed by atoms with Crippen LogP contribution in [0.3, 0.4) is 0 Å². The Hall–Kier alpha value is -2.55. The Labute approximate surface area is 139 Å². The summed E-state index contributed by atoms with van der Waals surface area (Å²) >= 11 is 0. The minimum Gasteiger partial charge on any atom is -0.281 e. The average molecular weight is 307 g/mol. The molecule has 0 saturated carbocycles. The molecular formula is C20H25N3. The van der Waals surface area contributed by atoms with Gasteiger partial charge in [-0.05, 0) is 49.9 Å². The molecule has 0 unspecified atom stereocenters. The van der Waals surface area contributed by atoms with Gasteiger partial charge in [-0.3, -0.25) is 5.41 Å². The van der Waals surface area contributed by atoms with Gasteiger partial charge in [-0.25, -0.2) is 5.53 Å². The van der Waals surface area contributed by atoms with Gasteiger partial charge in [0.15, 0.2) is 5.84 Å². The van der Waals surface area contributed by atoms with Crippen molar-refractivity contribution in [2.24, 2.45) is 5.11 Å². The first-order valence-corrected chi connectivity index (χ1v) is 7.77. The maximum absolute atomic E-state index is 7.40. The van der Waals surface area contributed by atoms with Crippen LogP contribution in [0.5, 0.6) is 0 Å². The van der Waals surface area contributed by atoms with Crippen molar-refractivity contribution in [3.8, 4) is 0 Å². The lowest BCUT2D eigenvalue weighted by Crippen LogP contribution is -1.94. The third-order valence-electron chi connectivity index (χ3n) is 3.54. The fraction of sp³-hybridized carbons (Fsp3) is 0.250. The normalized spacial score (nSPS) is 10.1. The van der Waals surface area contributed by atoms with E-state index >= 15 is 0 Å². The van der Waals surface area contributed by atoms with E-state index in [9.17, 15) is 0 Å². The number of hydrogen-bond acceptors (Lipinski definition) is 2. The van der Waals surface area contributed by atoms with Crippen molar-refractivity contribution in [1.29, 1.82) is 10.9 Å². The minimum atomic E-state index is -0.00393. The summed E-state index contributed by atoms with van der Waals surface area (Å²) < 4.78 is 0. The van der Waals surface area contributed by atoms with Crippen molar-refractivity contribution in [3.63, 3.8) is 0 Å². The van der Waals surface area contributed by atoms with Gasteiger partial charge in [0.2, 0.25) is 0 Å². The van der Waals surface area contributed by atoms with Crippen LogP contribution < -0.4 is 0 Å². The van der Waals surface area contributed by atoms with Gasteiger partial charge in [0.1, 0.15) is 0 Å². The number of nitrogens with one attached hydrogen (secondary N) is 2. The van der Waals surface area contributed by atoms with E-state index in [2.05, 4.69) is 43.2 Å². The van der Waals surface area contributed by atoms with Gasteiger partial charge in [0.05, 0.1) is 0 Å². The van der Waals surface area contributed by atoms with Gasteiger partial charge in [0.25, 0.3) is 0 Å². The number of amidine groups is 1. The SMILES string of the molecule is C/C=C\c1cc(C(=N)N=N)ccc1C.CCc1ccc(C)cc1. The molecule has 0 fully saturated rings. The molecule has 0 aliphatic carbocycles. The summed E-state index contributed by atoms with van der Waals surface area (Å²) in [6, 6.07) is 14.3. The smallest absolute Gasteiger partial charge is 0.173 e. The van der Waals surface area contributed by atoms with E-state index in [-0.39, 0.29) is 5.84 Å². The summed E-state index contributed by atoms with van der Waals surface area (Å²) in [4.78, 5) is 0. The molecule has 0 spiro atoms. The summed E-state index contributed by atoms with van der Waals surface area (Å²) in [6.07, 6.45) is 5.07. The lowest BCUT2D eigenvalue weighted by atomic mass is 10.0. The standard InChI is InChI=1S/C11H13N3.C9H12/c1-3-4-9-7-10(11(12)14-13)6-5-8(9)2;1-3-9-6-4-8(2)5-7-9/h3-7,12-13H,1-2H3;4-7H,3H2,1-2H3/b4-3-,12-11?,14-13?;. The Bertz CT molecular complexity index is 683. The fourth-order valence-electron chi connectivity index (χ4n) is 2.04. The molecule has 0 amide bonds. The van der Waals surface area contributed by atoms with Crippen molar-refractivity contribution in [2.75, 3.05) is 0 Å². The number of rotatable bonds is 3. The van der Waals surface area contributed by atoms with Crippen molar-refractivity contribution in [3.05, 3.63) is 76.4 Å². The molecule has 0 aromatic heterocycles. The van der Waals surface area contributed by atoms with Crippen molar-refractivity contribution >= 4 is 11.9 Å². The monoisotopic (exact) mass is 307 g/mol. The van der Waals surface area contributed by atoms with E-state index in [1.54, 1.807) is 0 Å². The number of allylic oxidation sites excluding steroid dienone is 1. The molecule has 0 heterocycles. The molecular weight excluding hydrogens is 282 g/mol. The molecule has 3 heteroatoms. The third kappa shape index (κ3) is 5.99. The summed E-state index contributed by atoms with van der Waals surface area (Å²) in [5.74, 6) is -0.00393. The van der Waals surface area contributed by atoms with Crippen LogP contribution in [0.15, 0.2) is 53.7 Å². The summed E-state index contributed by atoms with van der Waals surface area (Å²) in [5, 5.41) is 10.5. The van der Waals surface area contributed by atoms with Crippen LogP contribution in [0.2, 0.25) is 0 Å². The summed E-state index contributed by atoms with van der Waals surface area (Å²) in [7, 11) is 0. The Kier molecular flexibility index (Phi) is 7.61. The second kappa shape index (κ2) is 9.46. The summed E-state index contributed by atoms with van der Waals surface area (Å²) in [5.41, 5.74) is 12.4. The van der Waals surface area contributed by atoms with Crippen LogP contribution in [-0.2, 0) is 6.42 Å². The molecule has 0 bridgehead atoms. The van der Waals surface area contributed by atoms with Crippen LogP contribution in [0.1, 0.15) is 41.7 Å². The van der Waals surface area contributed by atoms with Crippen LogP contribution in [0.25, 0.3) is 6.08 Å². The second-order valence-electron chi connectivity index (χ2n) is 5.37. The van der Waals surface area contributed by atoms with Gasteiger partial charge >= 0.3 is 0 Å². The molecule has 0 atom stereocenters. The van der Waals surface area contributed by atoms with E-state index in [0.717, 1.165) is 17.5 Å². The van der Waals surface area contributed by atoms with Crippen LogP contribution in [0, 0.1) is 24.8 Å². The highest BCUT2D eigenvalue weighted by molar-refractivity contribution is 5.97. The molecule has 23 heavy (non-hydrogen) atoms. The Morgan fingerprint density at radius 2 is 1.74 bits per heavy atom. The minimum absolute atomic E-state index is 0.00393. The Balaban J connectivity index is 0.000000253. The largest absolute Gasteiger partial charge is 0.281 e. The van der Waals surface area contributed by atoms with Crippen molar-refractivity contribution in [2.45, 2.75) is 34.1 Å².